The summed E-state index contributed by atoms with van der Waals surface area (Å²) in [4.78, 5) is 22.6. The van der Waals surface area contributed by atoms with Crippen molar-refractivity contribution in [3.8, 4) is 0 Å². The molecule has 2 aliphatic heterocycles. The minimum atomic E-state index is -4.47. The van der Waals surface area contributed by atoms with Crippen molar-refractivity contribution in [3.63, 3.8) is 0 Å². The Hall–Kier alpha value is -2.12. The van der Waals surface area contributed by atoms with Crippen molar-refractivity contribution in [3.05, 3.63) is 30.7 Å². The zero-order valence-electron chi connectivity index (χ0n) is 12.5. The second-order valence-electron chi connectivity index (χ2n) is 5.96. The number of hydrogen-bond acceptors (Lipinski definition) is 4. The number of rotatable bonds is 2. The molecule has 3 heterocycles. The Morgan fingerprint density at radius 3 is 2.70 bits per heavy atom. The first-order valence-corrected chi connectivity index (χ1v) is 7.44. The molecule has 0 spiro atoms. The van der Waals surface area contributed by atoms with Crippen molar-refractivity contribution in [2.45, 2.75) is 12.6 Å². The van der Waals surface area contributed by atoms with Gasteiger partial charge in [0.15, 0.2) is 0 Å². The molecule has 0 radical (unpaired) electrons. The van der Waals surface area contributed by atoms with E-state index in [1.165, 1.54) is 6.08 Å². The van der Waals surface area contributed by atoms with E-state index in [-0.39, 0.29) is 11.8 Å². The van der Waals surface area contributed by atoms with Gasteiger partial charge >= 0.3 is 6.18 Å². The lowest BCUT2D eigenvalue weighted by molar-refractivity contribution is -0.141. The first kappa shape index (κ1) is 15.8. The molecular weight excluding hydrogens is 309 g/mol. The van der Waals surface area contributed by atoms with Gasteiger partial charge in [-0.25, -0.2) is 9.97 Å². The molecule has 2 atom stereocenters. The van der Waals surface area contributed by atoms with Crippen LogP contribution in [0.25, 0.3) is 0 Å². The first-order chi connectivity index (χ1) is 10.9. The van der Waals surface area contributed by atoms with Crippen LogP contribution >= 0.6 is 0 Å². The molecule has 0 bridgehead atoms. The molecule has 2 saturated heterocycles. The fraction of sp³-hybridized carbons (Fsp3) is 0.533. The summed E-state index contributed by atoms with van der Waals surface area (Å²) in [6.07, 6.45) is -1.38. The number of fused-ring (bicyclic) bond motifs is 1. The average Bonchev–Trinajstić information content (AvgIpc) is 2.96. The van der Waals surface area contributed by atoms with Gasteiger partial charge in [-0.2, -0.15) is 13.2 Å². The fourth-order valence-corrected chi connectivity index (χ4v) is 3.36. The topological polar surface area (TPSA) is 49.3 Å². The second kappa shape index (κ2) is 5.82. The summed E-state index contributed by atoms with van der Waals surface area (Å²) in [5.41, 5.74) is -0.930. The van der Waals surface area contributed by atoms with Gasteiger partial charge in [-0.1, -0.05) is 6.58 Å². The van der Waals surface area contributed by atoms with E-state index < -0.39 is 11.9 Å². The number of carbonyl (C=O) groups excluding carboxylic acids is 1. The summed E-state index contributed by atoms with van der Waals surface area (Å²) >= 11 is 0. The number of likely N-dealkylation sites (tertiary alicyclic amines) is 1. The van der Waals surface area contributed by atoms with E-state index >= 15 is 0 Å². The summed E-state index contributed by atoms with van der Waals surface area (Å²) in [6, 6.07) is 0.990. The van der Waals surface area contributed by atoms with Crippen molar-refractivity contribution in [1.29, 1.82) is 0 Å². The number of piperidine rings is 1. The smallest absolute Gasteiger partial charge is 0.356 e. The van der Waals surface area contributed by atoms with E-state index in [9.17, 15) is 18.0 Å². The largest absolute Gasteiger partial charge is 0.433 e. The van der Waals surface area contributed by atoms with Crippen LogP contribution in [0.2, 0.25) is 0 Å². The molecule has 8 heteroatoms. The molecule has 0 aliphatic carbocycles. The minimum absolute atomic E-state index is 0.0942. The highest BCUT2D eigenvalue weighted by atomic mass is 19.4. The van der Waals surface area contributed by atoms with E-state index in [1.54, 1.807) is 4.90 Å². The Kier molecular flexibility index (Phi) is 3.99. The lowest BCUT2D eigenvalue weighted by atomic mass is 9.89. The van der Waals surface area contributed by atoms with Crippen LogP contribution in [-0.2, 0) is 11.0 Å². The summed E-state index contributed by atoms with van der Waals surface area (Å²) in [5.74, 6) is 0.816. The summed E-state index contributed by atoms with van der Waals surface area (Å²) < 4.78 is 38.3. The SMILES string of the molecule is C=CC(=O)N1CCC2CN(c3cc(C(F)(F)F)ncn3)CC2C1. The van der Waals surface area contributed by atoms with Gasteiger partial charge in [-0.05, 0) is 24.3 Å². The Morgan fingerprint density at radius 1 is 1.26 bits per heavy atom. The first-order valence-electron chi connectivity index (χ1n) is 7.44. The van der Waals surface area contributed by atoms with Crippen LogP contribution in [0.4, 0.5) is 19.0 Å². The number of aromatic nitrogens is 2. The van der Waals surface area contributed by atoms with E-state index in [4.69, 9.17) is 0 Å². The molecule has 1 aromatic heterocycles. The lowest BCUT2D eigenvalue weighted by Gasteiger charge is -2.33. The van der Waals surface area contributed by atoms with Crippen LogP contribution in [0, 0.1) is 11.8 Å². The van der Waals surface area contributed by atoms with E-state index in [1.807, 2.05) is 4.90 Å². The molecule has 0 N–H and O–H groups in total. The van der Waals surface area contributed by atoms with Crippen LogP contribution in [-0.4, -0.2) is 47.0 Å². The van der Waals surface area contributed by atoms with E-state index in [0.29, 0.717) is 37.9 Å². The zero-order valence-corrected chi connectivity index (χ0v) is 12.5. The average molecular weight is 326 g/mol. The minimum Gasteiger partial charge on any atom is -0.356 e. The number of amides is 1. The fourth-order valence-electron chi connectivity index (χ4n) is 3.36. The van der Waals surface area contributed by atoms with Crippen LogP contribution < -0.4 is 4.90 Å². The lowest BCUT2D eigenvalue weighted by Crippen LogP contribution is -2.42. The number of anilines is 1. The second-order valence-corrected chi connectivity index (χ2v) is 5.96. The molecule has 124 valence electrons. The third-order valence-corrected chi connectivity index (χ3v) is 4.55. The normalized spacial score (nSPS) is 24.5. The van der Waals surface area contributed by atoms with Crippen molar-refractivity contribution >= 4 is 11.7 Å². The van der Waals surface area contributed by atoms with Gasteiger partial charge in [0.05, 0.1) is 0 Å². The number of alkyl halides is 3. The molecule has 2 fully saturated rings. The highest BCUT2D eigenvalue weighted by Crippen LogP contribution is 2.35. The number of hydrogen-bond donors (Lipinski definition) is 0. The highest BCUT2D eigenvalue weighted by Gasteiger charge is 2.39. The molecule has 2 unspecified atom stereocenters. The van der Waals surface area contributed by atoms with Crippen LogP contribution in [0.5, 0.6) is 0 Å². The predicted molar refractivity (Wildman–Crippen MR) is 77.6 cm³/mol. The molecule has 1 aromatic rings. The Balaban J connectivity index is 1.73. The standard InChI is InChI=1S/C15H17F3N4O/c1-2-14(23)21-4-3-10-6-22(8-11(10)7-21)13-5-12(15(16,17)18)19-9-20-13/h2,5,9-11H,1,3-4,6-8H2. The van der Waals surface area contributed by atoms with Gasteiger partial charge in [0, 0.05) is 32.2 Å². The Morgan fingerprint density at radius 2 is 2.00 bits per heavy atom. The molecule has 1 amide bonds. The molecular formula is C15H17F3N4O. The molecule has 23 heavy (non-hydrogen) atoms. The molecule has 5 nitrogen and oxygen atoms in total. The number of carbonyl (C=O) groups is 1. The van der Waals surface area contributed by atoms with Crippen molar-refractivity contribution in [2.24, 2.45) is 11.8 Å². The van der Waals surface area contributed by atoms with Gasteiger partial charge < -0.3 is 9.80 Å². The zero-order chi connectivity index (χ0) is 16.6. The van der Waals surface area contributed by atoms with Crippen molar-refractivity contribution in [1.82, 2.24) is 14.9 Å². The predicted octanol–water partition coefficient (Wildman–Crippen LogP) is 1.97. The summed E-state index contributed by atoms with van der Waals surface area (Å²) in [5, 5.41) is 0. The summed E-state index contributed by atoms with van der Waals surface area (Å²) in [6.45, 7) is 6.03. The van der Waals surface area contributed by atoms with E-state index in [2.05, 4.69) is 16.5 Å². The van der Waals surface area contributed by atoms with Crippen LogP contribution in [0.3, 0.4) is 0 Å². The molecule has 2 aliphatic rings. The molecule has 0 saturated carbocycles. The maximum atomic E-state index is 12.8. The van der Waals surface area contributed by atoms with Crippen LogP contribution in [0.15, 0.2) is 25.0 Å². The van der Waals surface area contributed by atoms with Crippen molar-refractivity contribution in [2.75, 3.05) is 31.1 Å². The molecule has 3 rings (SSSR count). The van der Waals surface area contributed by atoms with E-state index in [0.717, 1.165) is 18.8 Å². The molecule has 0 aromatic carbocycles. The van der Waals surface area contributed by atoms with Gasteiger partial charge in [0.1, 0.15) is 17.8 Å². The Labute approximate surface area is 131 Å². The summed E-state index contributed by atoms with van der Waals surface area (Å²) in [7, 11) is 0. The maximum absolute atomic E-state index is 12.8. The van der Waals surface area contributed by atoms with Gasteiger partial charge in [-0.3, -0.25) is 4.79 Å². The van der Waals surface area contributed by atoms with Crippen molar-refractivity contribution < 1.29 is 18.0 Å². The van der Waals surface area contributed by atoms with Gasteiger partial charge in [-0.15, -0.1) is 0 Å². The third-order valence-electron chi connectivity index (χ3n) is 4.55. The van der Waals surface area contributed by atoms with Gasteiger partial charge in [0.25, 0.3) is 0 Å². The monoisotopic (exact) mass is 326 g/mol. The maximum Gasteiger partial charge on any atom is 0.433 e. The van der Waals surface area contributed by atoms with Gasteiger partial charge in [0.2, 0.25) is 5.91 Å². The highest BCUT2D eigenvalue weighted by molar-refractivity contribution is 5.87. The quantitative estimate of drug-likeness (QED) is 0.780. The van der Waals surface area contributed by atoms with Crippen LogP contribution in [0.1, 0.15) is 12.1 Å². The number of nitrogens with zero attached hydrogens (tertiary/aromatic N) is 4. The third kappa shape index (κ3) is 3.16. The number of halogens is 3. The Bertz CT molecular complexity index is 619.